The molecule has 0 aliphatic rings. The maximum Gasteiger partial charge on any atom is 0.275 e. The van der Waals surface area contributed by atoms with Crippen LogP contribution in [0.2, 0.25) is 0 Å². The lowest BCUT2D eigenvalue weighted by Crippen LogP contribution is -2.13. The molecule has 9 nitrogen and oxygen atoms in total. The molecule has 0 saturated heterocycles. The lowest BCUT2D eigenvalue weighted by Gasteiger charge is -2.13. The average Bonchev–Trinajstić information content (AvgIpc) is 3.15. The molecule has 5 aromatic rings. The summed E-state index contributed by atoms with van der Waals surface area (Å²) in [5.41, 5.74) is 6.17. The number of pyridine rings is 1. The fourth-order valence-electron chi connectivity index (χ4n) is 4.60. The lowest BCUT2D eigenvalue weighted by molar-refractivity contribution is -0.384. The maximum atomic E-state index is 13.7. The van der Waals surface area contributed by atoms with Crippen LogP contribution in [-0.4, -0.2) is 25.6 Å². The van der Waals surface area contributed by atoms with Gasteiger partial charge in [0.2, 0.25) is 0 Å². The van der Waals surface area contributed by atoms with Crippen molar-refractivity contribution in [3.63, 3.8) is 0 Å². The van der Waals surface area contributed by atoms with Crippen LogP contribution in [0.3, 0.4) is 0 Å². The van der Waals surface area contributed by atoms with Crippen LogP contribution in [-0.2, 0) is 7.05 Å². The van der Waals surface area contributed by atoms with Gasteiger partial charge in [0, 0.05) is 35.8 Å². The molecule has 2 heterocycles. The summed E-state index contributed by atoms with van der Waals surface area (Å²) >= 11 is 0. The summed E-state index contributed by atoms with van der Waals surface area (Å²) in [6.45, 7) is 7.69. The molecule has 5 rings (SSSR count). The van der Waals surface area contributed by atoms with E-state index in [0.717, 1.165) is 28.1 Å². The molecule has 196 valence electrons. The molecule has 1 amide bonds. The van der Waals surface area contributed by atoms with Gasteiger partial charge in [-0.05, 0) is 57.0 Å². The number of aromatic nitrogens is 3. The summed E-state index contributed by atoms with van der Waals surface area (Å²) in [6.07, 6.45) is 0. The number of non-ortho nitro benzene ring substituents is 1. The van der Waals surface area contributed by atoms with Crippen molar-refractivity contribution in [2.45, 2.75) is 27.7 Å². The van der Waals surface area contributed by atoms with Crippen molar-refractivity contribution in [3.8, 4) is 22.8 Å². The third kappa shape index (κ3) is 5.06. The van der Waals surface area contributed by atoms with Crippen molar-refractivity contribution in [2.75, 3.05) is 5.32 Å². The molecule has 0 aliphatic heterocycles. The van der Waals surface area contributed by atoms with Crippen molar-refractivity contribution in [3.05, 3.63) is 105 Å². The van der Waals surface area contributed by atoms with E-state index >= 15 is 0 Å². The quantitative estimate of drug-likeness (QED) is 0.194. The standard InChI is InChI=1S/C30H27N5O4/c1-17-10-11-18(2)28(12-17)39-23-14-21(13-22(15-23)35(37)38)31-30(36)25-16-27(29-19(3)33-34(5)20(29)4)32-26-9-7-6-8-24(25)26/h6-16H,1-5H3,(H,31,36). The van der Waals surface area contributed by atoms with Gasteiger partial charge in [-0.3, -0.25) is 19.6 Å². The summed E-state index contributed by atoms with van der Waals surface area (Å²) in [5, 5.41) is 19.7. The minimum absolute atomic E-state index is 0.199. The van der Waals surface area contributed by atoms with Gasteiger partial charge in [-0.15, -0.1) is 0 Å². The number of anilines is 1. The highest BCUT2D eigenvalue weighted by molar-refractivity contribution is 6.13. The molecule has 0 bridgehead atoms. The second-order valence-corrected chi connectivity index (χ2v) is 9.54. The van der Waals surface area contributed by atoms with Crippen LogP contribution in [0.4, 0.5) is 11.4 Å². The van der Waals surface area contributed by atoms with E-state index in [2.05, 4.69) is 10.4 Å². The summed E-state index contributed by atoms with van der Waals surface area (Å²) < 4.78 is 7.79. The van der Waals surface area contributed by atoms with Gasteiger partial charge in [-0.1, -0.05) is 30.3 Å². The van der Waals surface area contributed by atoms with Crippen LogP contribution in [0.25, 0.3) is 22.2 Å². The lowest BCUT2D eigenvalue weighted by atomic mass is 10.0. The first-order valence-electron chi connectivity index (χ1n) is 12.4. The monoisotopic (exact) mass is 521 g/mol. The van der Waals surface area contributed by atoms with E-state index in [1.165, 1.54) is 12.1 Å². The third-order valence-electron chi connectivity index (χ3n) is 6.66. The van der Waals surface area contributed by atoms with E-state index in [9.17, 15) is 14.9 Å². The van der Waals surface area contributed by atoms with Crippen LogP contribution in [0.1, 0.15) is 32.9 Å². The third-order valence-corrected chi connectivity index (χ3v) is 6.66. The summed E-state index contributed by atoms with van der Waals surface area (Å²) in [5.74, 6) is 0.405. The average molecular weight is 522 g/mol. The van der Waals surface area contributed by atoms with Gasteiger partial charge in [0.15, 0.2) is 0 Å². The number of nitrogens with zero attached hydrogens (tertiary/aromatic N) is 4. The Labute approximate surface area is 225 Å². The molecule has 0 saturated carbocycles. The van der Waals surface area contributed by atoms with Gasteiger partial charge >= 0.3 is 0 Å². The minimum atomic E-state index is -0.514. The van der Waals surface area contributed by atoms with Crippen molar-refractivity contribution >= 4 is 28.2 Å². The number of carbonyl (C=O) groups excluding carboxylic acids is 1. The Hall–Kier alpha value is -5.05. The molecule has 1 N–H and O–H groups in total. The number of hydrogen-bond acceptors (Lipinski definition) is 6. The Morgan fingerprint density at radius 3 is 2.49 bits per heavy atom. The number of nitro benzene ring substituents is 1. The number of benzene rings is 3. The van der Waals surface area contributed by atoms with Crippen LogP contribution >= 0.6 is 0 Å². The van der Waals surface area contributed by atoms with Gasteiger partial charge in [-0.25, -0.2) is 4.98 Å². The molecule has 0 fully saturated rings. The smallest absolute Gasteiger partial charge is 0.275 e. The first kappa shape index (κ1) is 25.6. The molecule has 0 aliphatic carbocycles. The Morgan fingerprint density at radius 1 is 1.00 bits per heavy atom. The molecule has 0 spiro atoms. The van der Waals surface area contributed by atoms with E-state index < -0.39 is 10.8 Å². The van der Waals surface area contributed by atoms with Crippen molar-refractivity contribution in [1.29, 1.82) is 0 Å². The Bertz CT molecular complexity index is 1770. The zero-order valence-electron chi connectivity index (χ0n) is 22.3. The van der Waals surface area contributed by atoms with Crippen molar-refractivity contribution in [2.24, 2.45) is 7.05 Å². The van der Waals surface area contributed by atoms with Crippen molar-refractivity contribution < 1.29 is 14.5 Å². The van der Waals surface area contributed by atoms with E-state index in [1.807, 2.05) is 77.2 Å². The highest BCUT2D eigenvalue weighted by Crippen LogP contribution is 2.33. The van der Waals surface area contributed by atoms with E-state index in [1.54, 1.807) is 16.8 Å². The Morgan fingerprint density at radius 2 is 1.77 bits per heavy atom. The SMILES string of the molecule is Cc1ccc(C)c(Oc2cc(NC(=O)c3cc(-c4c(C)nn(C)c4C)nc4ccccc34)cc([N+](=O)[O-])c2)c1. The Balaban J connectivity index is 1.56. The molecule has 0 radical (unpaired) electrons. The Kier molecular flexibility index (Phi) is 6.57. The number of para-hydroxylation sites is 1. The topological polar surface area (TPSA) is 112 Å². The number of nitrogens with one attached hydrogen (secondary N) is 1. The van der Waals surface area contributed by atoms with E-state index in [0.29, 0.717) is 27.9 Å². The first-order chi connectivity index (χ1) is 18.6. The van der Waals surface area contributed by atoms with Gasteiger partial charge in [0.1, 0.15) is 11.5 Å². The predicted octanol–water partition coefficient (Wildman–Crippen LogP) is 6.82. The summed E-state index contributed by atoms with van der Waals surface area (Å²) in [4.78, 5) is 29.7. The van der Waals surface area contributed by atoms with E-state index in [-0.39, 0.29) is 17.1 Å². The van der Waals surface area contributed by atoms with Crippen LogP contribution in [0.15, 0.2) is 66.7 Å². The normalized spacial score (nSPS) is 11.0. The number of rotatable bonds is 6. The molecule has 0 atom stereocenters. The number of ether oxygens (including phenoxy) is 1. The fraction of sp³-hybridized carbons (Fsp3) is 0.167. The van der Waals surface area contributed by atoms with Gasteiger partial charge in [0.05, 0.1) is 39.1 Å². The second-order valence-electron chi connectivity index (χ2n) is 9.54. The van der Waals surface area contributed by atoms with Crippen molar-refractivity contribution in [1.82, 2.24) is 14.8 Å². The zero-order chi connectivity index (χ0) is 27.8. The minimum Gasteiger partial charge on any atom is -0.457 e. The van der Waals surface area contributed by atoms with Gasteiger partial charge in [-0.2, -0.15) is 5.10 Å². The molecule has 0 unspecified atom stereocenters. The maximum absolute atomic E-state index is 13.7. The second kappa shape index (κ2) is 10.0. The molecular weight excluding hydrogens is 494 g/mol. The number of nitro groups is 1. The fourth-order valence-corrected chi connectivity index (χ4v) is 4.60. The molecule has 39 heavy (non-hydrogen) atoms. The first-order valence-corrected chi connectivity index (χ1v) is 12.4. The number of amides is 1. The number of hydrogen-bond donors (Lipinski definition) is 1. The van der Waals surface area contributed by atoms with Gasteiger partial charge < -0.3 is 10.1 Å². The zero-order valence-corrected chi connectivity index (χ0v) is 22.3. The van der Waals surface area contributed by atoms with E-state index in [4.69, 9.17) is 9.72 Å². The van der Waals surface area contributed by atoms with Crippen LogP contribution < -0.4 is 10.1 Å². The predicted molar refractivity (Wildman–Crippen MR) is 150 cm³/mol. The highest BCUT2D eigenvalue weighted by Gasteiger charge is 2.20. The number of carbonyl (C=O) groups is 1. The number of aryl methyl sites for hydroxylation is 4. The molecule has 3 aromatic carbocycles. The number of fused-ring (bicyclic) bond motifs is 1. The van der Waals surface area contributed by atoms with Crippen LogP contribution in [0, 0.1) is 37.8 Å². The summed E-state index contributed by atoms with van der Waals surface area (Å²) in [6, 6.07) is 19.1. The summed E-state index contributed by atoms with van der Waals surface area (Å²) in [7, 11) is 1.86. The molecular formula is C30H27N5O4. The molecule has 9 heteroatoms. The molecule has 2 aromatic heterocycles. The van der Waals surface area contributed by atoms with Crippen LogP contribution in [0.5, 0.6) is 11.5 Å². The van der Waals surface area contributed by atoms with Gasteiger partial charge in [0.25, 0.3) is 11.6 Å². The largest absolute Gasteiger partial charge is 0.457 e. The highest BCUT2D eigenvalue weighted by atomic mass is 16.6.